The van der Waals surface area contributed by atoms with E-state index in [0.29, 0.717) is 26.1 Å². The van der Waals surface area contributed by atoms with Crippen molar-refractivity contribution in [2.24, 2.45) is 0 Å². The Balaban J connectivity index is 4.09. The minimum absolute atomic E-state index is 0.0743. The van der Waals surface area contributed by atoms with Crippen LogP contribution in [0, 0.1) is 0 Å². The van der Waals surface area contributed by atoms with Gasteiger partial charge in [-0.2, -0.15) is 0 Å². The number of hydrogen-bond acceptors (Lipinski definition) is 3. The molecule has 0 bridgehead atoms. The lowest BCUT2D eigenvalue weighted by Crippen LogP contribution is -2.44. The van der Waals surface area contributed by atoms with Crippen LogP contribution in [0.25, 0.3) is 0 Å². The molecule has 0 saturated carbocycles. The van der Waals surface area contributed by atoms with Crippen molar-refractivity contribution < 1.29 is 4.79 Å². The maximum Gasteiger partial charge on any atom is 0.237 e. The summed E-state index contributed by atoms with van der Waals surface area (Å²) < 4.78 is 0. The second-order valence-electron chi connectivity index (χ2n) is 3.61. The molecule has 0 aromatic rings. The first kappa shape index (κ1) is 15.6. The molecule has 0 aliphatic rings. The highest BCUT2D eigenvalue weighted by Gasteiger charge is 2.14. The molecule has 17 heavy (non-hydrogen) atoms. The SMILES string of the molecule is C=CCNCCC(=O)N(C)N(CC=C)CC=C. The van der Waals surface area contributed by atoms with Crippen molar-refractivity contribution in [2.75, 3.05) is 33.2 Å². The smallest absolute Gasteiger partial charge is 0.237 e. The molecule has 1 N–H and O–H groups in total. The molecule has 0 atom stereocenters. The number of carbonyl (C=O) groups is 1. The van der Waals surface area contributed by atoms with Crippen LogP contribution in [0.1, 0.15) is 6.42 Å². The van der Waals surface area contributed by atoms with Crippen LogP contribution in [-0.2, 0) is 4.79 Å². The maximum absolute atomic E-state index is 11.8. The fraction of sp³-hybridized carbons (Fsp3) is 0.462. The zero-order valence-electron chi connectivity index (χ0n) is 10.7. The van der Waals surface area contributed by atoms with Crippen LogP contribution in [0.2, 0.25) is 0 Å². The van der Waals surface area contributed by atoms with Gasteiger partial charge in [-0.05, 0) is 0 Å². The van der Waals surface area contributed by atoms with Crippen molar-refractivity contribution in [3.05, 3.63) is 38.0 Å². The van der Waals surface area contributed by atoms with E-state index in [0.717, 1.165) is 6.54 Å². The Labute approximate surface area is 104 Å². The first-order chi connectivity index (χ1) is 8.17. The molecule has 0 rings (SSSR count). The molecule has 0 heterocycles. The average Bonchev–Trinajstić information content (AvgIpc) is 2.33. The van der Waals surface area contributed by atoms with Crippen LogP contribution < -0.4 is 5.32 Å². The highest BCUT2D eigenvalue weighted by atomic mass is 16.2. The highest BCUT2D eigenvalue weighted by Crippen LogP contribution is 1.98. The quantitative estimate of drug-likeness (QED) is 0.352. The topological polar surface area (TPSA) is 35.6 Å². The summed E-state index contributed by atoms with van der Waals surface area (Å²) in [5.41, 5.74) is 0. The summed E-state index contributed by atoms with van der Waals surface area (Å²) in [7, 11) is 1.77. The highest BCUT2D eigenvalue weighted by molar-refractivity contribution is 5.75. The van der Waals surface area contributed by atoms with Crippen LogP contribution in [0.4, 0.5) is 0 Å². The van der Waals surface area contributed by atoms with Gasteiger partial charge in [-0.15, -0.1) is 19.7 Å². The number of nitrogens with one attached hydrogen (secondary N) is 1. The maximum atomic E-state index is 11.8. The molecule has 96 valence electrons. The summed E-state index contributed by atoms with van der Waals surface area (Å²) in [5, 5.41) is 6.61. The lowest BCUT2D eigenvalue weighted by atomic mass is 10.4. The molecule has 4 heteroatoms. The summed E-state index contributed by atoms with van der Waals surface area (Å²) >= 11 is 0. The van der Waals surface area contributed by atoms with Crippen molar-refractivity contribution in [2.45, 2.75) is 6.42 Å². The van der Waals surface area contributed by atoms with Gasteiger partial charge in [-0.3, -0.25) is 9.80 Å². The molecular formula is C13H23N3O. The van der Waals surface area contributed by atoms with Gasteiger partial charge in [-0.1, -0.05) is 18.2 Å². The van der Waals surface area contributed by atoms with Gasteiger partial charge in [0.1, 0.15) is 0 Å². The van der Waals surface area contributed by atoms with E-state index < -0.39 is 0 Å². The molecule has 0 aliphatic carbocycles. The third kappa shape index (κ3) is 6.71. The summed E-state index contributed by atoms with van der Waals surface area (Å²) in [6.07, 6.45) is 5.78. The summed E-state index contributed by atoms with van der Waals surface area (Å²) in [5.74, 6) is 0.0743. The molecule has 4 nitrogen and oxygen atoms in total. The van der Waals surface area contributed by atoms with Crippen molar-refractivity contribution in [3.63, 3.8) is 0 Å². The first-order valence-electron chi connectivity index (χ1n) is 5.72. The fourth-order valence-corrected chi connectivity index (χ4v) is 1.34. The number of carbonyl (C=O) groups excluding carboxylic acids is 1. The monoisotopic (exact) mass is 237 g/mol. The molecule has 0 spiro atoms. The number of hydrazine groups is 1. The van der Waals surface area contributed by atoms with Crippen LogP contribution in [0.5, 0.6) is 0 Å². The van der Waals surface area contributed by atoms with E-state index in [1.807, 2.05) is 5.01 Å². The lowest BCUT2D eigenvalue weighted by molar-refractivity contribution is -0.143. The summed E-state index contributed by atoms with van der Waals surface area (Å²) in [6, 6.07) is 0. The minimum Gasteiger partial charge on any atom is -0.313 e. The minimum atomic E-state index is 0.0743. The molecule has 0 aromatic carbocycles. The lowest BCUT2D eigenvalue weighted by Gasteiger charge is -2.30. The Hall–Kier alpha value is -1.39. The molecule has 0 radical (unpaired) electrons. The number of rotatable bonds is 10. The third-order valence-corrected chi connectivity index (χ3v) is 2.27. The van der Waals surface area contributed by atoms with E-state index in [1.54, 1.807) is 30.3 Å². The van der Waals surface area contributed by atoms with Crippen molar-refractivity contribution >= 4 is 5.91 Å². The second-order valence-corrected chi connectivity index (χ2v) is 3.61. The van der Waals surface area contributed by atoms with Crippen molar-refractivity contribution in [3.8, 4) is 0 Å². The predicted octanol–water partition coefficient (Wildman–Crippen LogP) is 1.20. The van der Waals surface area contributed by atoms with Gasteiger partial charge in [-0.25, -0.2) is 5.01 Å². The Morgan fingerprint density at radius 1 is 1.18 bits per heavy atom. The largest absolute Gasteiger partial charge is 0.313 e. The second kappa shape index (κ2) is 9.81. The van der Waals surface area contributed by atoms with Gasteiger partial charge in [0, 0.05) is 39.6 Å². The Morgan fingerprint density at radius 3 is 2.24 bits per heavy atom. The van der Waals surface area contributed by atoms with Gasteiger partial charge < -0.3 is 5.32 Å². The van der Waals surface area contributed by atoms with E-state index in [4.69, 9.17) is 0 Å². The number of hydrogen-bond donors (Lipinski definition) is 1. The van der Waals surface area contributed by atoms with E-state index in [-0.39, 0.29) is 5.91 Å². The van der Waals surface area contributed by atoms with E-state index in [2.05, 4.69) is 25.1 Å². The van der Waals surface area contributed by atoms with Crippen LogP contribution in [0.3, 0.4) is 0 Å². The van der Waals surface area contributed by atoms with Gasteiger partial charge in [0.15, 0.2) is 0 Å². The molecule has 1 amide bonds. The van der Waals surface area contributed by atoms with Crippen LogP contribution in [0.15, 0.2) is 38.0 Å². The van der Waals surface area contributed by atoms with Crippen LogP contribution >= 0.6 is 0 Å². The molecule has 0 aromatic heterocycles. The Morgan fingerprint density at radius 2 is 1.76 bits per heavy atom. The van der Waals surface area contributed by atoms with Crippen molar-refractivity contribution in [1.82, 2.24) is 15.3 Å². The third-order valence-electron chi connectivity index (χ3n) is 2.27. The zero-order chi connectivity index (χ0) is 13.1. The van der Waals surface area contributed by atoms with E-state index in [9.17, 15) is 4.79 Å². The number of nitrogens with zero attached hydrogens (tertiary/aromatic N) is 2. The summed E-state index contributed by atoms with van der Waals surface area (Å²) in [6.45, 7) is 13.6. The van der Waals surface area contributed by atoms with E-state index in [1.165, 1.54) is 0 Å². The summed E-state index contributed by atoms with van der Waals surface area (Å²) in [4.78, 5) is 11.8. The van der Waals surface area contributed by atoms with Crippen molar-refractivity contribution in [1.29, 1.82) is 0 Å². The Kier molecular flexibility index (Phi) is 9.01. The zero-order valence-corrected chi connectivity index (χ0v) is 10.7. The van der Waals surface area contributed by atoms with Gasteiger partial charge in [0.2, 0.25) is 5.91 Å². The van der Waals surface area contributed by atoms with Gasteiger partial charge >= 0.3 is 0 Å². The Bertz CT molecular complexity index is 253. The first-order valence-corrected chi connectivity index (χ1v) is 5.72. The molecule has 0 fully saturated rings. The van der Waals surface area contributed by atoms with Crippen LogP contribution in [-0.4, -0.2) is 49.2 Å². The molecule has 0 saturated heterocycles. The fourth-order valence-electron chi connectivity index (χ4n) is 1.34. The van der Waals surface area contributed by atoms with Gasteiger partial charge in [0.25, 0.3) is 0 Å². The van der Waals surface area contributed by atoms with Gasteiger partial charge in [0.05, 0.1) is 0 Å². The average molecular weight is 237 g/mol. The normalized spacial score (nSPS) is 10.0. The standard InChI is InChI=1S/C13H23N3O/c1-5-9-14-10-8-13(17)15(4)16(11-6-2)12-7-3/h5-7,14H,1-3,8-12H2,4H3. The predicted molar refractivity (Wildman–Crippen MR) is 72.4 cm³/mol. The molecular weight excluding hydrogens is 214 g/mol. The number of amides is 1. The molecule has 0 aliphatic heterocycles. The molecule has 0 unspecified atom stereocenters. The van der Waals surface area contributed by atoms with E-state index >= 15 is 0 Å².